The second kappa shape index (κ2) is 21.4. The van der Waals surface area contributed by atoms with Crippen molar-refractivity contribution in [3.8, 4) is 28.0 Å². The Kier molecular flexibility index (Phi) is 14.8. The Morgan fingerprint density at radius 1 is 0.455 bits per heavy atom. The lowest BCUT2D eigenvalue weighted by Crippen LogP contribution is -2.49. The summed E-state index contributed by atoms with van der Waals surface area (Å²) in [5, 5.41) is 43.4. The average Bonchev–Trinajstić information content (AvgIpc) is 3.51. The van der Waals surface area contributed by atoms with E-state index in [0.717, 1.165) is 90.6 Å². The minimum atomic E-state index is -0.898. The van der Waals surface area contributed by atoms with E-state index >= 15 is 0 Å². The zero-order valence-electron chi connectivity index (χ0n) is 45.3. The number of hydrogen-bond donors (Lipinski definition) is 4. The van der Waals surface area contributed by atoms with E-state index in [-0.39, 0.29) is 53.8 Å². The lowest BCUT2D eigenvalue weighted by atomic mass is 9.47. The van der Waals surface area contributed by atoms with Crippen LogP contribution in [-0.4, -0.2) is 75.6 Å². The number of carbonyl (C=O) groups excluding carboxylic acids is 4. The zero-order valence-corrected chi connectivity index (χ0v) is 45.3. The van der Waals surface area contributed by atoms with Crippen LogP contribution in [0.1, 0.15) is 144 Å². The van der Waals surface area contributed by atoms with Gasteiger partial charge in [-0.1, -0.05) is 72.8 Å². The van der Waals surface area contributed by atoms with Crippen molar-refractivity contribution in [3.05, 3.63) is 137 Å². The maximum atomic E-state index is 12.1. The molecule has 2 unspecified atom stereocenters. The molecule has 0 aromatic heterocycles. The summed E-state index contributed by atoms with van der Waals surface area (Å²) < 4.78 is 6.15. The molecular weight excluding hydrogens is 961 g/mol. The summed E-state index contributed by atoms with van der Waals surface area (Å²) in [7, 11) is 0. The molecule has 8 aliphatic carbocycles. The molecule has 8 aliphatic rings. The third-order valence-electron chi connectivity index (χ3n) is 19.3. The number of aliphatic hydroxyl groups excluding tert-OH is 4. The molecule has 402 valence electrons. The van der Waals surface area contributed by atoms with Gasteiger partial charge in [0, 0.05) is 12.0 Å². The summed E-state index contributed by atoms with van der Waals surface area (Å²) in [4.78, 5) is 48.4. The van der Waals surface area contributed by atoms with Gasteiger partial charge in [0.2, 0.25) is 0 Å². The smallest absolute Gasteiger partial charge is 0.144 e. The number of benzene rings is 6. The topological polar surface area (TPSA) is 158 Å². The average molecular weight is 1040 g/mol. The van der Waals surface area contributed by atoms with Crippen molar-refractivity contribution in [3.63, 3.8) is 0 Å². The number of aliphatic hydroxyl groups is 4. The number of fused-ring (bicyclic) bond motifs is 2. The van der Waals surface area contributed by atoms with Crippen molar-refractivity contribution in [2.75, 3.05) is 19.8 Å². The van der Waals surface area contributed by atoms with Crippen LogP contribution in [0.4, 0.5) is 0 Å². The molecule has 0 spiro atoms. The lowest BCUT2D eigenvalue weighted by Gasteiger charge is -2.57. The van der Waals surface area contributed by atoms with Crippen molar-refractivity contribution >= 4 is 44.7 Å². The van der Waals surface area contributed by atoms with Gasteiger partial charge in [-0.15, -0.1) is 0 Å². The molecule has 6 aromatic rings. The van der Waals surface area contributed by atoms with Crippen molar-refractivity contribution in [1.29, 1.82) is 0 Å². The summed E-state index contributed by atoms with van der Waals surface area (Å²) in [5.74, 6) is 3.73. The predicted molar refractivity (Wildman–Crippen MR) is 302 cm³/mol. The quantitative estimate of drug-likeness (QED) is 0.0653. The number of Topliss-reactive ketones (excluding diaryl/α,β-unsaturated/α-hetero) is 4. The van der Waals surface area contributed by atoms with E-state index < -0.39 is 24.0 Å². The SMILES string of the molecule is CC(=O)C(C(C)=O)c1ccc2cc(-c3ccc(CC(O)CO)c(C45CC6CC(CC(C6)C4)C5)c3)ccc2c1.CC(=O)C(C(C)=O)c1ccc2cc(-c3ccc(OCC(O)CO)c(C45CC6CC(CC(C6)C4)C5)c3)ccc2c1. The third-order valence-corrected chi connectivity index (χ3v) is 19.3. The second-order valence-electron chi connectivity index (χ2n) is 25.1. The highest BCUT2D eigenvalue weighted by molar-refractivity contribution is 6.07. The fourth-order valence-corrected chi connectivity index (χ4v) is 16.9. The summed E-state index contributed by atoms with van der Waals surface area (Å²) in [6, 6.07) is 37.6. The van der Waals surface area contributed by atoms with E-state index in [1.807, 2.05) is 42.5 Å². The minimum Gasteiger partial charge on any atom is -0.490 e. The fraction of sp³-hybridized carbons (Fsp3) is 0.471. The summed E-state index contributed by atoms with van der Waals surface area (Å²) in [6.45, 7) is 5.44. The molecule has 0 aliphatic heterocycles. The van der Waals surface area contributed by atoms with Gasteiger partial charge in [-0.2, -0.15) is 0 Å². The van der Waals surface area contributed by atoms with Crippen molar-refractivity contribution < 1.29 is 44.3 Å². The van der Waals surface area contributed by atoms with E-state index in [1.54, 1.807) is 0 Å². The largest absolute Gasteiger partial charge is 0.490 e. The van der Waals surface area contributed by atoms with Crippen molar-refractivity contribution in [2.24, 2.45) is 35.5 Å². The van der Waals surface area contributed by atoms with Crippen LogP contribution in [0.5, 0.6) is 5.75 Å². The van der Waals surface area contributed by atoms with Crippen LogP contribution in [-0.2, 0) is 36.4 Å². The first-order chi connectivity index (χ1) is 37.0. The maximum absolute atomic E-state index is 12.1. The van der Waals surface area contributed by atoms with E-state index in [9.17, 15) is 39.6 Å². The van der Waals surface area contributed by atoms with E-state index in [4.69, 9.17) is 4.74 Å². The van der Waals surface area contributed by atoms with Gasteiger partial charge in [-0.05, 0) is 254 Å². The van der Waals surface area contributed by atoms with Gasteiger partial charge >= 0.3 is 0 Å². The molecular formula is C68H76O9. The normalized spacial score (nSPS) is 26.5. The Morgan fingerprint density at radius 3 is 1.22 bits per heavy atom. The van der Waals surface area contributed by atoms with E-state index in [1.165, 1.54) is 127 Å². The summed E-state index contributed by atoms with van der Waals surface area (Å²) in [6.07, 6.45) is 14.4. The lowest BCUT2D eigenvalue weighted by molar-refractivity contribution is -0.128. The Hall–Kier alpha value is -5.84. The fourth-order valence-electron chi connectivity index (χ4n) is 16.9. The second-order valence-corrected chi connectivity index (χ2v) is 25.1. The van der Waals surface area contributed by atoms with Gasteiger partial charge in [0.15, 0.2) is 0 Å². The van der Waals surface area contributed by atoms with E-state index in [0.29, 0.717) is 6.42 Å². The van der Waals surface area contributed by atoms with Gasteiger partial charge in [-0.25, -0.2) is 0 Å². The molecule has 9 heteroatoms. The zero-order chi connectivity index (χ0) is 53.9. The predicted octanol–water partition coefficient (Wildman–Crippen LogP) is 12.1. The Morgan fingerprint density at radius 2 is 0.805 bits per heavy atom. The van der Waals surface area contributed by atoms with Gasteiger partial charge in [-0.3, -0.25) is 19.2 Å². The molecule has 2 atom stereocenters. The van der Waals surface area contributed by atoms with Crippen LogP contribution in [0.15, 0.2) is 109 Å². The molecule has 4 N–H and O–H groups in total. The Labute approximate surface area is 453 Å². The van der Waals surface area contributed by atoms with Crippen LogP contribution >= 0.6 is 0 Å². The third kappa shape index (κ3) is 10.6. The molecule has 0 radical (unpaired) electrons. The highest BCUT2D eigenvalue weighted by Crippen LogP contribution is 2.63. The van der Waals surface area contributed by atoms with Crippen LogP contribution in [0.25, 0.3) is 43.8 Å². The number of hydrogen-bond acceptors (Lipinski definition) is 9. The van der Waals surface area contributed by atoms with Crippen molar-refractivity contribution in [2.45, 2.75) is 146 Å². The molecule has 9 nitrogen and oxygen atoms in total. The molecule has 8 saturated carbocycles. The molecule has 0 saturated heterocycles. The first kappa shape index (κ1) is 53.2. The van der Waals surface area contributed by atoms with Crippen LogP contribution < -0.4 is 4.74 Å². The number of ketones is 4. The molecule has 6 aromatic carbocycles. The number of ether oxygens (including phenoxy) is 1. The molecule has 8 fully saturated rings. The monoisotopic (exact) mass is 1040 g/mol. The Bertz CT molecular complexity index is 3160. The number of carbonyl (C=O) groups is 4. The highest BCUT2D eigenvalue weighted by atomic mass is 16.5. The van der Waals surface area contributed by atoms with Gasteiger partial charge in [0.05, 0.1) is 19.3 Å². The summed E-state index contributed by atoms with van der Waals surface area (Å²) in [5.41, 5.74) is 10.2. The molecule has 0 amide bonds. The van der Waals surface area contributed by atoms with Crippen LogP contribution in [0.2, 0.25) is 0 Å². The van der Waals surface area contributed by atoms with Crippen molar-refractivity contribution in [1.82, 2.24) is 0 Å². The van der Waals surface area contributed by atoms with E-state index in [2.05, 4.69) is 66.7 Å². The first-order valence-electron chi connectivity index (χ1n) is 28.6. The highest BCUT2D eigenvalue weighted by Gasteiger charge is 2.54. The van der Waals surface area contributed by atoms with Gasteiger partial charge in [0.25, 0.3) is 0 Å². The molecule has 14 rings (SSSR count). The molecule has 77 heavy (non-hydrogen) atoms. The summed E-state index contributed by atoms with van der Waals surface area (Å²) >= 11 is 0. The van der Waals surface area contributed by atoms with Crippen LogP contribution in [0.3, 0.4) is 0 Å². The molecule has 8 bridgehead atoms. The van der Waals surface area contributed by atoms with Gasteiger partial charge in [0.1, 0.15) is 53.4 Å². The minimum absolute atomic E-state index is 0.0784. The van der Waals surface area contributed by atoms with Crippen LogP contribution in [0, 0.1) is 35.5 Å². The Balaban J connectivity index is 0.000000164. The first-order valence-corrected chi connectivity index (χ1v) is 28.6. The maximum Gasteiger partial charge on any atom is 0.144 e. The van der Waals surface area contributed by atoms with Gasteiger partial charge < -0.3 is 25.2 Å². The number of rotatable bonds is 17. The molecule has 0 heterocycles. The standard InChI is InChI=1S/C34H38O5.C34H38O4/c1-20(36)33(21(2)37)29-6-5-25-12-26(3-4-27(25)13-29)28-7-8-32(39-19-30(38)18-35)31(14-28)34-15-22-9-23(16-34)11-24(10-22)17-34;1-20(36)33(21(2)37)30-8-6-25-12-26(3-4-27(25)13-30)28-5-7-29(14-31(38)19-35)32(15-28)34-16-22-9-23(17-34)11-24(10-22)18-34/h3-8,12-14,22-24,30,33,35,38H,9-11,15-19H2,1-2H3;3-8,12-13,15,22-24,31,33,35,38H,9-11,14,16-19H2,1-2H3.